The summed E-state index contributed by atoms with van der Waals surface area (Å²) in [5.41, 5.74) is 0.813. The summed E-state index contributed by atoms with van der Waals surface area (Å²) in [6.07, 6.45) is 0.206. The molecule has 1 aromatic carbocycles. The lowest BCUT2D eigenvalue weighted by atomic mass is 10.1. The van der Waals surface area contributed by atoms with E-state index in [-0.39, 0.29) is 44.3 Å². The van der Waals surface area contributed by atoms with Crippen LogP contribution in [0.25, 0.3) is 0 Å². The summed E-state index contributed by atoms with van der Waals surface area (Å²) in [6, 6.07) is 8.11. The molecule has 0 aliphatic heterocycles. The number of ketones is 1. The Labute approximate surface area is 169 Å². The van der Waals surface area contributed by atoms with Crippen molar-refractivity contribution in [3.05, 3.63) is 35.9 Å². The molecule has 4 amide bonds. The highest BCUT2D eigenvalue weighted by Gasteiger charge is 2.22. The first-order valence-corrected chi connectivity index (χ1v) is 9.10. The molecule has 1 rings (SSSR count). The normalized spacial score (nSPS) is 11.1. The second kappa shape index (κ2) is 13.0. The highest BCUT2D eigenvalue weighted by Crippen LogP contribution is 2.03. The van der Waals surface area contributed by atoms with Crippen LogP contribution in [0.1, 0.15) is 12.5 Å². The maximum atomic E-state index is 12.5. The van der Waals surface area contributed by atoms with Gasteiger partial charge in [-0.3, -0.25) is 24.0 Å². The van der Waals surface area contributed by atoms with Crippen molar-refractivity contribution in [2.75, 3.05) is 33.2 Å². The van der Waals surface area contributed by atoms with E-state index in [1.807, 2.05) is 6.07 Å². The number of rotatable bonds is 12. The Morgan fingerprint density at radius 3 is 2.00 bits per heavy atom. The van der Waals surface area contributed by atoms with E-state index in [1.54, 1.807) is 31.3 Å². The Bertz CT molecular complexity index is 723. The van der Waals surface area contributed by atoms with E-state index < -0.39 is 23.8 Å². The van der Waals surface area contributed by atoms with E-state index in [1.165, 1.54) is 6.92 Å². The van der Waals surface area contributed by atoms with E-state index >= 15 is 0 Å². The molecule has 10 nitrogen and oxygen atoms in total. The van der Waals surface area contributed by atoms with Crippen LogP contribution in [0.4, 0.5) is 0 Å². The molecule has 0 aliphatic rings. The van der Waals surface area contributed by atoms with E-state index in [4.69, 9.17) is 0 Å². The molecule has 0 bridgehead atoms. The van der Waals surface area contributed by atoms with Crippen LogP contribution in [0.5, 0.6) is 0 Å². The lowest BCUT2D eigenvalue weighted by Crippen LogP contribution is -2.52. The zero-order valence-corrected chi connectivity index (χ0v) is 16.5. The van der Waals surface area contributed by atoms with Crippen molar-refractivity contribution < 1.29 is 24.0 Å². The predicted molar refractivity (Wildman–Crippen MR) is 106 cm³/mol. The van der Waals surface area contributed by atoms with Crippen LogP contribution in [0, 0.1) is 0 Å². The topological polar surface area (TPSA) is 146 Å². The largest absolute Gasteiger partial charge is 0.348 e. The summed E-state index contributed by atoms with van der Waals surface area (Å²) in [7, 11) is 1.60. The smallest absolute Gasteiger partial charge is 0.243 e. The molecule has 0 spiro atoms. The molecule has 1 atom stereocenters. The average Bonchev–Trinajstić information content (AvgIpc) is 2.69. The summed E-state index contributed by atoms with van der Waals surface area (Å²) in [5.74, 6) is -2.17. The number of Topliss-reactive ketones (excluding diaryl/α,β-unsaturated/α-hetero) is 1. The second-order valence-corrected chi connectivity index (χ2v) is 6.31. The molecule has 29 heavy (non-hydrogen) atoms. The van der Waals surface area contributed by atoms with Crippen LogP contribution in [0.2, 0.25) is 0 Å². The van der Waals surface area contributed by atoms with Crippen molar-refractivity contribution in [2.24, 2.45) is 0 Å². The Kier molecular flexibility index (Phi) is 10.7. The zero-order valence-electron chi connectivity index (χ0n) is 16.5. The fourth-order valence-corrected chi connectivity index (χ4v) is 2.28. The Balaban J connectivity index is 2.65. The molecule has 0 heterocycles. The van der Waals surface area contributed by atoms with Crippen LogP contribution in [-0.2, 0) is 30.4 Å². The summed E-state index contributed by atoms with van der Waals surface area (Å²) in [6.45, 7) is 0.672. The zero-order chi connectivity index (χ0) is 21.6. The van der Waals surface area contributed by atoms with Gasteiger partial charge in [-0.1, -0.05) is 30.3 Å². The van der Waals surface area contributed by atoms with Crippen molar-refractivity contribution >= 4 is 29.4 Å². The van der Waals surface area contributed by atoms with Gasteiger partial charge in [-0.2, -0.15) is 0 Å². The lowest BCUT2D eigenvalue weighted by Gasteiger charge is -2.19. The standard InChI is InChI=1S/C19H27N5O5/c1-13(25)9-21-17(27)11-23-19(29)15(8-14-6-4-3-5-7-14)24-18(28)12-22-16(26)10-20-2/h3-7,15,20H,8-12H2,1-2H3,(H,21,27)(H,22,26)(H,23,29)(H,24,28). The molecule has 1 unspecified atom stereocenters. The third-order valence-corrected chi connectivity index (χ3v) is 3.68. The average molecular weight is 405 g/mol. The maximum absolute atomic E-state index is 12.5. The van der Waals surface area contributed by atoms with Gasteiger partial charge in [0.2, 0.25) is 23.6 Å². The molecule has 0 saturated carbocycles. The van der Waals surface area contributed by atoms with E-state index in [0.717, 1.165) is 5.56 Å². The number of carbonyl (C=O) groups excluding carboxylic acids is 5. The van der Waals surface area contributed by atoms with E-state index in [9.17, 15) is 24.0 Å². The summed E-state index contributed by atoms with van der Waals surface area (Å²) in [4.78, 5) is 58.6. The van der Waals surface area contributed by atoms with Gasteiger partial charge in [0.1, 0.15) is 11.8 Å². The third kappa shape index (κ3) is 10.6. The number of benzene rings is 1. The Morgan fingerprint density at radius 2 is 1.38 bits per heavy atom. The monoisotopic (exact) mass is 405 g/mol. The first-order chi connectivity index (χ1) is 13.8. The Morgan fingerprint density at radius 1 is 0.793 bits per heavy atom. The second-order valence-electron chi connectivity index (χ2n) is 6.31. The Hall–Kier alpha value is -3.27. The number of carbonyl (C=O) groups is 5. The van der Waals surface area contributed by atoms with Gasteiger partial charge in [-0.15, -0.1) is 0 Å². The minimum Gasteiger partial charge on any atom is -0.348 e. The van der Waals surface area contributed by atoms with Crippen molar-refractivity contribution in [3.63, 3.8) is 0 Å². The molecule has 0 saturated heterocycles. The van der Waals surface area contributed by atoms with Crippen molar-refractivity contribution in [3.8, 4) is 0 Å². The van der Waals surface area contributed by atoms with Crippen LogP contribution in [-0.4, -0.2) is 68.7 Å². The lowest BCUT2D eigenvalue weighted by molar-refractivity contribution is -0.131. The minimum atomic E-state index is -0.938. The van der Waals surface area contributed by atoms with Crippen LogP contribution in [0.15, 0.2) is 30.3 Å². The van der Waals surface area contributed by atoms with Gasteiger partial charge >= 0.3 is 0 Å². The SMILES string of the molecule is CNCC(=O)NCC(=O)NC(Cc1ccccc1)C(=O)NCC(=O)NCC(C)=O. The molecule has 1 aromatic rings. The van der Waals surface area contributed by atoms with E-state index in [0.29, 0.717) is 0 Å². The molecule has 158 valence electrons. The number of amides is 4. The van der Waals surface area contributed by atoms with Crippen molar-refractivity contribution in [2.45, 2.75) is 19.4 Å². The number of likely N-dealkylation sites (N-methyl/N-ethyl adjacent to an activating group) is 1. The molecular weight excluding hydrogens is 378 g/mol. The molecule has 0 aromatic heterocycles. The fourth-order valence-electron chi connectivity index (χ4n) is 2.28. The van der Waals surface area contributed by atoms with Gasteiger partial charge in [0.15, 0.2) is 0 Å². The van der Waals surface area contributed by atoms with Crippen molar-refractivity contribution in [1.29, 1.82) is 0 Å². The van der Waals surface area contributed by atoms with Crippen molar-refractivity contribution in [1.82, 2.24) is 26.6 Å². The van der Waals surface area contributed by atoms with Crippen LogP contribution >= 0.6 is 0 Å². The van der Waals surface area contributed by atoms with Crippen LogP contribution < -0.4 is 26.6 Å². The molecule has 0 aliphatic carbocycles. The summed E-state index contributed by atoms with van der Waals surface area (Å²) >= 11 is 0. The highest BCUT2D eigenvalue weighted by atomic mass is 16.2. The maximum Gasteiger partial charge on any atom is 0.243 e. The molecule has 0 radical (unpaired) electrons. The van der Waals surface area contributed by atoms with Gasteiger partial charge < -0.3 is 26.6 Å². The summed E-state index contributed by atoms with van der Waals surface area (Å²) in [5, 5.41) is 12.5. The van der Waals surface area contributed by atoms with Gasteiger partial charge in [0.25, 0.3) is 0 Å². The van der Waals surface area contributed by atoms with Gasteiger partial charge in [0, 0.05) is 6.42 Å². The number of hydrogen-bond donors (Lipinski definition) is 5. The molecule has 0 fully saturated rings. The molecule has 10 heteroatoms. The summed E-state index contributed by atoms with van der Waals surface area (Å²) < 4.78 is 0. The third-order valence-electron chi connectivity index (χ3n) is 3.68. The van der Waals surface area contributed by atoms with Gasteiger partial charge in [-0.25, -0.2) is 0 Å². The number of hydrogen-bond acceptors (Lipinski definition) is 6. The molecular formula is C19H27N5O5. The van der Waals surface area contributed by atoms with E-state index in [2.05, 4.69) is 26.6 Å². The quantitative estimate of drug-likeness (QED) is 0.269. The fraction of sp³-hybridized carbons (Fsp3) is 0.421. The first kappa shape index (κ1) is 23.8. The first-order valence-electron chi connectivity index (χ1n) is 9.10. The van der Waals surface area contributed by atoms with Gasteiger partial charge in [0.05, 0.1) is 26.2 Å². The van der Waals surface area contributed by atoms with Crippen LogP contribution in [0.3, 0.4) is 0 Å². The predicted octanol–water partition coefficient (Wildman–Crippen LogP) is -2.13. The minimum absolute atomic E-state index is 0.0661. The molecule has 5 N–H and O–H groups in total. The van der Waals surface area contributed by atoms with Gasteiger partial charge in [-0.05, 0) is 19.5 Å². The number of nitrogens with one attached hydrogen (secondary N) is 5. The highest BCUT2D eigenvalue weighted by molar-refractivity contribution is 5.93.